The summed E-state index contributed by atoms with van der Waals surface area (Å²) in [5.74, 6) is 0.000652. The molecule has 1 aromatic heterocycles. The summed E-state index contributed by atoms with van der Waals surface area (Å²) < 4.78 is 0. The highest BCUT2D eigenvalue weighted by Crippen LogP contribution is 2.11. The van der Waals surface area contributed by atoms with E-state index in [1.54, 1.807) is 12.4 Å². The Morgan fingerprint density at radius 3 is 2.59 bits per heavy atom. The van der Waals surface area contributed by atoms with Gasteiger partial charge in [0.25, 0.3) is 0 Å². The normalized spacial score (nSPS) is 9.76. The molecule has 17 heavy (non-hydrogen) atoms. The third kappa shape index (κ3) is 5.19. The van der Waals surface area contributed by atoms with E-state index in [-0.39, 0.29) is 12.5 Å². The van der Waals surface area contributed by atoms with Crippen molar-refractivity contribution in [2.45, 2.75) is 20.3 Å². The molecule has 0 saturated heterocycles. The first kappa shape index (κ1) is 13.3. The van der Waals surface area contributed by atoms with Crippen molar-refractivity contribution in [2.24, 2.45) is 0 Å². The van der Waals surface area contributed by atoms with Gasteiger partial charge in [0.15, 0.2) is 0 Å². The summed E-state index contributed by atoms with van der Waals surface area (Å²) in [5.41, 5.74) is 1.79. The van der Waals surface area contributed by atoms with Gasteiger partial charge in [-0.25, -0.2) is 0 Å². The second-order valence-electron chi connectivity index (χ2n) is 3.70. The Labute approximate surface area is 102 Å². The van der Waals surface area contributed by atoms with Gasteiger partial charge in [-0.3, -0.25) is 9.78 Å². The Bertz CT molecular complexity index is 354. The predicted molar refractivity (Wildman–Crippen MR) is 70.2 cm³/mol. The predicted octanol–water partition coefficient (Wildman–Crippen LogP) is 1.45. The topological polar surface area (TPSA) is 66.0 Å². The van der Waals surface area contributed by atoms with Gasteiger partial charge in [-0.15, -0.1) is 0 Å². The lowest BCUT2D eigenvalue weighted by molar-refractivity contribution is -0.119. The molecule has 94 valence electrons. The fraction of sp³-hybridized carbons (Fsp3) is 0.500. The van der Waals surface area contributed by atoms with Crippen molar-refractivity contribution in [1.29, 1.82) is 0 Å². The van der Waals surface area contributed by atoms with Gasteiger partial charge < -0.3 is 16.0 Å². The van der Waals surface area contributed by atoms with Crippen LogP contribution in [0.3, 0.4) is 0 Å². The van der Waals surface area contributed by atoms with Crippen molar-refractivity contribution in [3.05, 3.63) is 18.5 Å². The fourth-order valence-corrected chi connectivity index (χ4v) is 1.35. The smallest absolute Gasteiger partial charge is 0.239 e. The van der Waals surface area contributed by atoms with Gasteiger partial charge in [-0.1, -0.05) is 6.92 Å². The van der Waals surface area contributed by atoms with E-state index < -0.39 is 0 Å². The third-order valence-electron chi connectivity index (χ3n) is 2.14. The number of hydrogen-bond acceptors (Lipinski definition) is 4. The lowest BCUT2D eigenvalue weighted by Gasteiger charge is -2.08. The molecular formula is C12H20N4O. The van der Waals surface area contributed by atoms with Crippen LogP contribution in [0.4, 0.5) is 11.4 Å². The van der Waals surface area contributed by atoms with Crippen LogP contribution in [0.5, 0.6) is 0 Å². The average molecular weight is 236 g/mol. The van der Waals surface area contributed by atoms with Crippen molar-refractivity contribution >= 4 is 17.3 Å². The molecule has 1 amide bonds. The van der Waals surface area contributed by atoms with Gasteiger partial charge in [-0.2, -0.15) is 0 Å². The number of rotatable bonds is 7. The second-order valence-corrected chi connectivity index (χ2v) is 3.70. The van der Waals surface area contributed by atoms with Crippen molar-refractivity contribution in [2.75, 3.05) is 30.3 Å². The van der Waals surface area contributed by atoms with Crippen LogP contribution in [0.25, 0.3) is 0 Å². The zero-order chi connectivity index (χ0) is 12.5. The summed E-state index contributed by atoms with van der Waals surface area (Å²) in [6, 6.07) is 1.93. The maximum atomic E-state index is 11.4. The molecule has 0 aliphatic heterocycles. The number of carbonyl (C=O) groups excluding carboxylic acids is 1. The number of aromatic nitrogens is 1. The fourth-order valence-electron chi connectivity index (χ4n) is 1.35. The Hall–Kier alpha value is -1.78. The molecule has 0 atom stereocenters. The largest absolute Gasteiger partial charge is 0.384 e. The van der Waals surface area contributed by atoms with Crippen LogP contribution in [-0.4, -0.2) is 30.5 Å². The van der Waals surface area contributed by atoms with E-state index in [2.05, 4.69) is 20.9 Å². The van der Waals surface area contributed by atoms with E-state index in [4.69, 9.17) is 0 Å². The molecule has 0 aliphatic rings. The van der Waals surface area contributed by atoms with Gasteiger partial charge in [0.2, 0.25) is 5.91 Å². The molecule has 0 spiro atoms. The number of pyridine rings is 1. The van der Waals surface area contributed by atoms with E-state index >= 15 is 0 Å². The van der Waals surface area contributed by atoms with Gasteiger partial charge in [0.05, 0.1) is 30.3 Å². The molecule has 1 aromatic rings. The summed E-state index contributed by atoms with van der Waals surface area (Å²) in [4.78, 5) is 15.5. The van der Waals surface area contributed by atoms with E-state index in [0.717, 1.165) is 30.9 Å². The molecule has 0 aliphatic carbocycles. The first-order chi connectivity index (χ1) is 8.26. The molecule has 5 nitrogen and oxygen atoms in total. The van der Waals surface area contributed by atoms with Crippen LogP contribution < -0.4 is 16.0 Å². The van der Waals surface area contributed by atoms with Crippen LogP contribution in [0, 0.1) is 0 Å². The Morgan fingerprint density at radius 2 is 1.94 bits per heavy atom. The number of amides is 1. The first-order valence-corrected chi connectivity index (χ1v) is 5.95. The Morgan fingerprint density at radius 1 is 1.24 bits per heavy atom. The standard InChI is InChI=1S/C12H20N4O/c1-3-5-15-12(17)9-16-11-6-10(14-4-2)7-13-8-11/h6-8,14,16H,3-5,9H2,1-2H3,(H,15,17). The van der Waals surface area contributed by atoms with Crippen LogP contribution >= 0.6 is 0 Å². The highest BCUT2D eigenvalue weighted by Gasteiger charge is 2.00. The lowest BCUT2D eigenvalue weighted by Crippen LogP contribution is -2.30. The summed E-state index contributed by atoms with van der Waals surface area (Å²) in [6.45, 7) is 5.89. The van der Waals surface area contributed by atoms with Crippen LogP contribution in [-0.2, 0) is 4.79 Å². The summed E-state index contributed by atoms with van der Waals surface area (Å²) in [6.07, 6.45) is 4.41. The quantitative estimate of drug-likeness (QED) is 0.670. The molecule has 0 saturated carbocycles. The molecule has 0 fully saturated rings. The second kappa shape index (κ2) is 7.49. The molecular weight excluding hydrogens is 216 g/mol. The van der Waals surface area contributed by atoms with Crippen molar-refractivity contribution in [3.63, 3.8) is 0 Å². The Balaban J connectivity index is 2.40. The van der Waals surface area contributed by atoms with Gasteiger partial charge >= 0.3 is 0 Å². The third-order valence-corrected chi connectivity index (χ3v) is 2.14. The summed E-state index contributed by atoms with van der Waals surface area (Å²) in [7, 11) is 0. The number of carbonyl (C=O) groups is 1. The zero-order valence-electron chi connectivity index (χ0n) is 10.4. The minimum Gasteiger partial charge on any atom is -0.384 e. The lowest BCUT2D eigenvalue weighted by atomic mass is 10.3. The molecule has 0 aromatic carbocycles. The van der Waals surface area contributed by atoms with Gasteiger partial charge in [0, 0.05) is 13.1 Å². The highest BCUT2D eigenvalue weighted by molar-refractivity contribution is 5.80. The molecule has 0 unspecified atom stereocenters. The number of hydrogen-bond donors (Lipinski definition) is 3. The van der Waals surface area contributed by atoms with Crippen molar-refractivity contribution in [3.8, 4) is 0 Å². The monoisotopic (exact) mass is 236 g/mol. The van der Waals surface area contributed by atoms with Gasteiger partial charge in [-0.05, 0) is 19.4 Å². The molecule has 0 radical (unpaired) electrons. The average Bonchev–Trinajstić information content (AvgIpc) is 2.35. The van der Waals surface area contributed by atoms with Crippen LogP contribution in [0.1, 0.15) is 20.3 Å². The first-order valence-electron chi connectivity index (χ1n) is 5.95. The van der Waals surface area contributed by atoms with E-state index in [0.29, 0.717) is 0 Å². The summed E-state index contributed by atoms with van der Waals surface area (Å²) in [5, 5.41) is 9.01. The molecule has 1 rings (SSSR count). The minimum absolute atomic E-state index is 0.000652. The Kier molecular flexibility index (Phi) is 5.85. The SMILES string of the molecule is CCCNC(=O)CNc1cncc(NCC)c1. The van der Waals surface area contributed by atoms with E-state index in [1.807, 2.05) is 19.9 Å². The molecule has 0 bridgehead atoms. The summed E-state index contributed by atoms with van der Waals surface area (Å²) >= 11 is 0. The molecule has 3 N–H and O–H groups in total. The van der Waals surface area contributed by atoms with E-state index in [9.17, 15) is 4.79 Å². The molecule has 1 heterocycles. The van der Waals surface area contributed by atoms with Crippen LogP contribution in [0.15, 0.2) is 18.5 Å². The maximum Gasteiger partial charge on any atom is 0.239 e. The highest BCUT2D eigenvalue weighted by atomic mass is 16.1. The number of nitrogens with zero attached hydrogens (tertiary/aromatic N) is 1. The van der Waals surface area contributed by atoms with E-state index in [1.165, 1.54) is 0 Å². The van der Waals surface area contributed by atoms with Crippen molar-refractivity contribution < 1.29 is 4.79 Å². The number of anilines is 2. The van der Waals surface area contributed by atoms with Crippen molar-refractivity contribution in [1.82, 2.24) is 10.3 Å². The van der Waals surface area contributed by atoms with Crippen LogP contribution in [0.2, 0.25) is 0 Å². The van der Waals surface area contributed by atoms with Gasteiger partial charge in [0.1, 0.15) is 0 Å². The maximum absolute atomic E-state index is 11.4. The number of nitrogens with one attached hydrogen (secondary N) is 3. The zero-order valence-corrected chi connectivity index (χ0v) is 10.4. The molecule has 5 heteroatoms. The minimum atomic E-state index is 0.000652.